The van der Waals surface area contributed by atoms with Crippen molar-refractivity contribution in [2.45, 2.75) is 13.5 Å². The lowest BCUT2D eigenvalue weighted by atomic mass is 10.2. The van der Waals surface area contributed by atoms with E-state index < -0.39 is 0 Å². The van der Waals surface area contributed by atoms with Gasteiger partial charge in [0.25, 0.3) is 5.91 Å². The molecule has 0 atom stereocenters. The van der Waals surface area contributed by atoms with Crippen molar-refractivity contribution in [3.05, 3.63) is 39.2 Å². The topological polar surface area (TPSA) is 85.8 Å². The van der Waals surface area contributed by atoms with Gasteiger partial charge in [-0.15, -0.1) is 5.10 Å². The highest BCUT2D eigenvalue weighted by Crippen LogP contribution is 2.17. The summed E-state index contributed by atoms with van der Waals surface area (Å²) >= 11 is 2.23. The maximum atomic E-state index is 12.0. The molecule has 100 valence electrons. The Labute approximate surface area is 124 Å². The minimum Gasteiger partial charge on any atom is -0.329 e. The number of hydrogen-bond acceptors (Lipinski definition) is 4. The fourth-order valence-electron chi connectivity index (χ4n) is 1.51. The molecule has 7 heteroatoms. The van der Waals surface area contributed by atoms with E-state index in [-0.39, 0.29) is 11.6 Å². The number of halogens is 1. The lowest BCUT2D eigenvalue weighted by Gasteiger charge is -2.05. The van der Waals surface area contributed by atoms with Gasteiger partial charge in [-0.1, -0.05) is 11.3 Å². The van der Waals surface area contributed by atoms with E-state index in [9.17, 15) is 4.79 Å². The number of hydrogen-bond donors (Lipinski definition) is 2. The van der Waals surface area contributed by atoms with Gasteiger partial charge < -0.3 is 11.1 Å². The van der Waals surface area contributed by atoms with Crippen LogP contribution in [0.15, 0.2) is 24.4 Å². The molecule has 0 aliphatic heterocycles. The number of aromatic nitrogens is 3. The lowest BCUT2D eigenvalue weighted by Crippen LogP contribution is -2.13. The van der Waals surface area contributed by atoms with Crippen LogP contribution in [0.1, 0.15) is 16.1 Å². The van der Waals surface area contributed by atoms with Gasteiger partial charge in [-0.3, -0.25) is 9.48 Å². The molecule has 0 radical (unpaired) electrons. The van der Waals surface area contributed by atoms with Crippen LogP contribution in [0.5, 0.6) is 0 Å². The third kappa shape index (κ3) is 3.51. The Morgan fingerprint density at radius 2 is 2.32 bits per heavy atom. The molecule has 6 nitrogen and oxygen atoms in total. The maximum Gasteiger partial charge on any atom is 0.277 e. The summed E-state index contributed by atoms with van der Waals surface area (Å²) in [6.07, 6.45) is 1.58. The van der Waals surface area contributed by atoms with Crippen molar-refractivity contribution in [2.24, 2.45) is 5.73 Å². The third-order valence-electron chi connectivity index (χ3n) is 2.56. The van der Waals surface area contributed by atoms with Gasteiger partial charge in [0.15, 0.2) is 5.69 Å². The van der Waals surface area contributed by atoms with Crippen molar-refractivity contribution >= 4 is 34.2 Å². The van der Waals surface area contributed by atoms with E-state index >= 15 is 0 Å². The van der Waals surface area contributed by atoms with E-state index in [0.717, 1.165) is 9.26 Å². The molecule has 0 saturated carbocycles. The molecule has 2 aromatic rings. The van der Waals surface area contributed by atoms with E-state index in [1.807, 2.05) is 25.1 Å². The first-order chi connectivity index (χ1) is 9.10. The molecule has 3 N–H and O–H groups in total. The number of carbonyl (C=O) groups excluding carboxylic acids is 1. The Hall–Kier alpha value is -1.48. The summed E-state index contributed by atoms with van der Waals surface area (Å²) in [6, 6.07) is 5.74. The van der Waals surface area contributed by atoms with Crippen molar-refractivity contribution in [1.82, 2.24) is 15.0 Å². The Kier molecular flexibility index (Phi) is 4.48. The van der Waals surface area contributed by atoms with Crippen LogP contribution in [0, 0.1) is 10.5 Å². The van der Waals surface area contributed by atoms with E-state index in [1.54, 1.807) is 10.9 Å². The van der Waals surface area contributed by atoms with Gasteiger partial charge in [-0.2, -0.15) is 0 Å². The molecule has 1 amide bonds. The number of carbonyl (C=O) groups is 1. The van der Waals surface area contributed by atoms with E-state index in [4.69, 9.17) is 5.73 Å². The molecule has 0 unspecified atom stereocenters. The Morgan fingerprint density at radius 3 is 3.00 bits per heavy atom. The first kappa shape index (κ1) is 13.9. The summed E-state index contributed by atoms with van der Waals surface area (Å²) in [5, 5.41) is 10.4. The number of anilines is 1. The number of rotatable bonds is 4. The number of benzene rings is 1. The van der Waals surface area contributed by atoms with Gasteiger partial charge in [0.1, 0.15) is 0 Å². The predicted molar refractivity (Wildman–Crippen MR) is 80.9 cm³/mol. The second-order valence-electron chi connectivity index (χ2n) is 4.07. The zero-order valence-corrected chi connectivity index (χ0v) is 12.6. The van der Waals surface area contributed by atoms with Crippen molar-refractivity contribution in [1.29, 1.82) is 0 Å². The molecular weight excluding hydrogens is 357 g/mol. The minimum atomic E-state index is -0.275. The average molecular weight is 371 g/mol. The quantitative estimate of drug-likeness (QED) is 0.796. The van der Waals surface area contributed by atoms with Crippen LogP contribution in [0.25, 0.3) is 0 Å². The zero-order valence-electron chi connectivity index (χ0n) is 10.4. The molecule has 1 heterocycles. The summed E-state index contributed by atoms with van der Waals surface area (Å²) in [4.78, 5) is 12.0. The molecule has 0 aliphatic carbocycles. The van der Waals surface area contributed by atoms with Crippen LogP contribution in [0.4, 0.5) is 5.69 Å². The van der Waals surface area contributed by atoms with Gasteiger partial charge in [0.2, 0.25) is 0 Å². The zero-order chi connectivity index (χ0) is 13.8. The van der Waals surface area contributed by atoms with Gasteiger partial charge in [0.05, 0.1) is 12.7 Å². The van der Waals surface area contributed by atoms with Gasteiger partial charge in [-0.05, 0) is 47.2 Å². The van der Waals surface area contributed by atoms with Crippen LogP contribution in [0.2, 0.25) is 0 Å². The molecule has 0 aliphatic rings. The molecule has 0 spiro atoms. The second kappa shape index (κ2) is 6.11. The van der Waals surface area contributed by atoms with E-state index in [2.05, 4.69) is 38.2 Å². The molecule has 0 saturated heterocycles. The van der Waals surface area contributed by atoms with E-state index in [0.29, 0.717) is 13.1 Å². The molecular formula is C12H14IN5O. The van der Waals surface area contributed by atoms with Crippen LogP contribution in [-0.2, 0) is 6.54 Å². The normalized spacial score (nSPS) is 10.5. The van der Waals surface area contributed by atoms with Crippen LogP contribution in [0.3, 0.4) is 0 Å². The van der Waals surface area contributed by atoms with Crippen molar-refractivity contribution in [2.75, 3.05) is 11.9 Å². The van der Waals surface area contributed by atoms with E-state index in [1.165, 1.54) is 5.56 Å². The number of nitrogens with zero attached hydrogens (tertiary/aromatic N) is 3. The van der Waals surface area contributed by atoms with Crippen LogP contribution in [-0.4, -0.2) is 27.4 Å². The minimum absolute atomic E-state index is 0.275. The Balaban J connectivity index is 2.09. The first-order valence-electron chi connectivity index (χ1n) is 5.78. The van der Waals surface area contributed by atoms with Crippen molar-refractivity contribution in [3.63, 3.8) is 0 Å². The largest absolute Gasteiger partial charge is 0.329 e. The summed E-state index contributed by atoms with van der Waals surface area (Å²) in [5.74, 6) is -0.275. The summed E-state index contributed by atoms with van der Waals surface area (Å²) in [7, 11) is 0. The summed E-state index contributed by atoms with van der Waals surface area (Å²) < 4.78 is 2.65. The first-order valence-corrected chi connectivity index (χ1v) is 6.85. The third-order valence-corrected chi connectivity index (χ3v) is 3.72. The monoisotopic (exact) mass is 371 g/mol. The number of nitrogens with two attached hydrogens (primary N) is 1. The summed E-state index contributed by atoms with van der Waals surface area (Å²) in [5.41, 5.74) is 7.61. The molecule has 1 aromatic carbocycles. The molecule has 1 aromatic heterocycles. The fourth-order valence-corrected chi connectivity index (χ4v) is 2.03. The van der Waals surface area contributed by atoms with Crippen molar-refractivity contribution in [3.8, 4) is 0 Å². The van der Waals surface area contributed by atoms with Gasteiger partial charge in [-0.25, -0.2) is 0 Å². The van der Waals surface area contributed by atoms with Gasteiger partial charge in [0, 0.05) is 15.8 Å². The fraction of sp³-hybridized carbons (Fsp3) is 0.250. The predicted octanol–water partition coefficient (Wildman–Crippen LogP) is 1.40. The highest BCUT2D eigenvalue weighted by Gasteiger charge is 2.11. The Morgan fingerprint density at radius 1 is 1.53 bits per heavy atom. The van der Waals surface area contributed by atoms with Crippen LogP contribution >= 0.6 is 22.6 Å². The molecule has 0 fully saturated rings. The molecule has 0 bridgehead atoms. The smallest absolute Gasteiger partial charge is 0.277 e. The Bertz CT molecular complexity index is 596. The SMILES string of the molecule is Cc1ccc(NC(=O)c2cn(CCN)nn2)cc1I. The van der Waals surface area contributed by atoms with Crippen molar-refractivity contribution < 1.29 is 4.79 Å². The standard InChI is InChI=1S/C12H14IN5O/c1-8-2-3-9(6-10(8)13)15-12(19)11-7-18(5-4-14)17-16-11/h2-3,6-7H,4-5,14H2,1H3,(H,15,19). The average Bonchev–Trinajstić information content (AvgIpc) is 2.83. The molecule has 19 heavy (non-hydrogen) atoms. The second-order valence-corrected chi connectivity index (χ2v) is 5.24. The number of nitrogens with one attached hydrogen (secondary N) is 1. The lowest BCUT2D eigenvalue weighted by molar-refractivity contribution is 0.102. The maximum absolute atomic E-state index is 12.0. The van der Waals surface area contributed by atoms with Crippen LogP contribution < -0.4 is 11.1 Å². The number of amides is 1. The highest BCUT2D eigenvalue weighted by atomic mass is 127. The summed E-state index contributed by atoms with van der Waals surface area (Å²) in [6.45, 7) is 3.02. The number of aryl methyl sites for hydroxylation is 1. The molecule has 2 rings (SSSR count). The highest BCUT2D eigenvalue weighted by molar-refractivity contribution is 14.1. The van der Waals surface area contributed by atoms with Gasteiger partial charge >= 0.3 is 0 Å².